The lowest BCUT2D eigenvalue weighted by atomic mass is 10.00. The van der Waals surface area contributed by atoms with Gasteiger partial charge >= 0.3 is 11.9 Å². The number of hydrogen-bond donors (Lipinski definition) is 0. The number of aryl methyl sites for hydroxylation is 1. The first-order chi connectivity index (χ1) is 15.0. The van der Waals surface area contributed by atoms with Crippen LogP contribution in [0, 0.1) is 6.92 Å². The van der Waals surface area contributed by atoms with Crippen LogP contribution in [0.3, 0.4) is 0 Å². The maximum atomic E-state index is 12.8. The highest BCUT2D eigenvalue weighted by Crippen LogP contribution is 2.33. The largest absolute Gasteiger partial charge is 0.465 e. The fourth-order valence-corrected chi connectivity index (χ4v) is 3.64. The number of esters is 2. The first-order valence-corrected chi connectivity index (χ1v) is 10.2. The van der Waals surface area contributed by atoms with Crippen LogP contribution < -0.4 is 4.90 Å². The van der Waals surface area contributed by atoms with Crippen LogP contribution in [0.15, 0.2) is 48.5 Å². The third-order valence-corrected chi connectivity index (χ3v) is 5.25. The van der Waals surface area contributed by atoms with Gasteiger partial charge in [-0.05, 0) is 50.6 Å². The molecule has 0 N–H and O–H groups in total. The smallest absolute Gasteiger partial charge is 0.357 e. The molecule has 0 unspecified atom stereocenters. The molecular weight excluding hydrogens is 394 g/mol. The number of methoxy groups -OCH3 is 2. The van der Waals surface area contributed by atoms with Gasteiger partial charge in [-0.25, -0.2) is 14.3 Å². The number of anilines is 1. The number of benzene rings is 2. The zero-order valence-electron chi connectivity index (χ0n) is 18.5. The predicted molar refractivity (Wildman–Crippen MR) is 120 cm³/mol. The molecule has 162 valence electrons. The summed E-state index contributed by atoms with van der Waals surface area (Å²) in [6.07, 6.45) is 0. The molecule has 7 nitrogen and oxygen atoms in total. The Balaban J connectivity index is 2.29. The van der Waals surface area contributed by atoms with Gasteiger partial charge in [0.15, 0.2) is 5.69 Å². The van der Waals surface area contributed by atoms with Crippen molar-refractivity contribution in [2.45, 2.75) is 20.8 Å². The number of aromatic nitrogens is 2. The van der Waals surface area contributed by atoms with Gasteiger partial charge in [0.05, 0.1) is 19.9 Å². The van der Waals surface area contributed by atoms with Crippen molar-refractivity contribution in [1.82, 2.24) is 9.78 Å². The number of nitrogens with zero attached hydrogens (tertiary/aromatic N) is 3. The van der Waals surface area contributed by atoms with E-state index >= 15 is 0 Å². The highest BCUT2D eigenvalue weighted by atomic mass is 16.5. The Hall–Kier alpha value is -3.61. The van der Waals surface area contributed by atoms with Gasteiger partial charge in [0.25, 0.3) is 0 Å². The highest BCUT2D eigenvalue weighted by molar-refractivity contribution is 6.07. The summed E-state index contributed by atoms with van der Waals surface area (Å²) in [7, 11) is 2.55. The summed E-state index contributed by atoms with van der Waals surface area (Å²) in [5, 5.41) is 4.67. The Morgan fingerprint density at radius 3 is 2.16 bits per heavy atom. The summed E-state index contributed by atoms with van der Waals surface area (Å²) in [5.74, 6) is -1.31. The molecule has 0 fully saturated rings. The molecule has 0 saturated heterocycles. The average molecular weight is 421 g/mol. The van der Waals surface area contributed by atoms with Crippen molar-refractivity contribution >= 4 is 17.6 Å². The Labute approximate surface area is 182 Å². The van der Waals surface area contributed by atoms with Crippen molar-refractivity contribution in [1.29, 1.82) is 0 Å². The monoisotopic (exact) mass is 421 g/mol. The SMILES string of the molecule is CCN(CC)c1ccc(-c2nn(-c3ccccc3)c(C(=O)OC)c2C(=O)OC)c(C)c1. The van der Waals surface area contributed by atoms with Gasteiger partial charge in [-0.15, -0.1) is 0 Å². The van der Waals surface area contributed by atoms with Gasteiger partial charge in [0, 0.05) is 24.3 Å². The Morgan fingerprint density at radius 1 is 0.968 bits per heavy atom. The summed E-state index contributed by atoms with van der Waals surface area (Å²) < 4.78 is 11.4. The Morgan fingerprint density at radius 2 is 1.61 bits per heavy atom. The van der Waals surface area contributed by atoms with E-state index in [0.717, 1.165) is 29.9 Å². The van der Waals surface area contributed by atoms with Crippen LogP contribution in [0.4, 0.5) is 5.69 Å². The molecule has 0 aliphatic heterocycles. The molecule has 1 aromatic heterocycles. The molecule has 0 saturated carbocycles. The standard InChI is InChI=1S/C24H27N3O4/c1-6-26(7-2)18-13-14-19(16(3)15-18)21-20(23(28)30-4)22(24(29)31-5)27(25-21)17-11-9-8-10-12-17/h8-15H,6-7H2,1-5H3. The summed E-state index contributed by atoms with van der Waals surface area (Å²) in [6, 6.07) is 15.1. The van der Waals surface area contributed by atoms with Crippen LogP contribution in [0.5, 0.6) is 0 Å². The lowest BCUT2D eigenvalue weighted by molar-refractivity contribution is 0.0549. The number of ether oxygens (including phenoxy) is 2. The zero-order chi connectivity index (χ0) is 22.5. The molecule has 0 radical (unpaired) electrons. The van der Waals surface area contributed by atoms with E-state index in [-0.39, 0.29) is 11.3 Å². The number of carbonyl (C=O) groups excluding carboxylic acids is 2. The first-order valence-electron chi connectivity index (χ1n) is 10.2. The summed E-state index contributed by atoms with van der Waals surface area (Å²) in [5.41, 5.74) is 3.89. The molecule has 31 heavy (non-hydrogen) atoms. The summed E-state index contributed by atoms with van der Waals surface area (Å²) >= 11 is 0. The van der Waals surface area contributed by atoms with Crippen LogP contribution in [-0.4, -0.2) is 49.0 Å². The fourth-order valence-electron chi connectivity index (χ4n) is 3.64. The molecule has 0 atom stereocenters. The molecule has 3 rings (SSSR count). The second-order valence-corrected chi connectivity index (χ2v) is 6.97. The average Bonchev–Trinajstić information content (AvgIpc) is 3.20. The molecule has 2 aromatic carbocycles. The maximum Gasteiger partial charge on any atom is 0.357 e. The van der Waals surface area contributed by atoms with Crippen LogP contribution in [0.25, 0.3) is 16.9 Å². The van der Waals surface area contributed by atoms with E-state index in [2.05, 4.69) is 29.9 Å². The van der Waals surface area contributed by atoms with Gasteiger partial charge in [-0.2, -0.15) is 5.10 Å². The van der Waals surface area contributed by atoms with Crippen molar-refractivity contribution < 1.29 is 19.1 Å². The molecular formula is C24H27N3O4. The summed E-state index contributed by atoms with van der Waals surface area (Å²) in [4.78, 5) is 27.7. The molecule has 0 aliphatic rings. The van der Waals surface area contributed by atoms with Crippen molar-refractivity contribution in [3.05, 3.63) is 65.4 Å². The molecule has 0 amide bonds. The van der Waals surface area contributed by atoms with Crippen LogP contribution in [0.1, 0.15) is 40.3 Å². The van der Waals surface area contributed by atoms with E-state index in [1.165, 1.54) is 18.9 Å². The van der Waals surface area contributed by atoms with Gasteiger partial charge in [0.1, 0.15) is 11.3 Å². The number of carbonyl (C=O) groups is 2. The van der Waals surface area contributed by atoms with Crippen molar-refractivity contribution in [3.8, 4) is 16.9 Å². The summed E-state index contributed by atoms with van der Waals surface area (Å²) in [6.45, 7) is 7.94. The predicted octanol–water partition coefficient (Wildman–Crippen LogP) is 4.27. The fraction of sp³-hybridized carbons (Fsp3) is 0.292. The minimum absolute atomic E-state index is 0.0303. The Bertz CT molecular complexity index is 1090. The number of rotatable bonds is 7. The molecule has 0 aliphatic carbocycles. The van der Waals surface area contributed by atoms with E-state index in [1.807, 2.05) is 37.3 Å². The third kappa shape index (κ3) is 4.17. The zero-order valence-corrected chi connectivity index (χ0v) is 18.5. The van der Waals surface area contributed by atoms with Crippen LogP contribution in [0.2, 0.25) is 0 Å². The number of para-hydroxylation sites is 1. The normalized spacial score (nSPS) is 10.6. The lowest BCUT2D eigenvalue weighted by Gasteiger charge is -2.22. The van der Waals surface area contributed by atoms with E-state index < -0.39 is 11.9 Å². The molecule has 0 spiro atoms. The third-order valence-electron chi connectivity index (χ3n) is 5.25. The van der Waals surface area contributed by atoms with Gasteiger partial charge in [-0.1, -0.05) is 24.3 Å². The minimum Gasteiger partial charge on any atom is -0.465 e. The minimum atomic E-state index is -0.666. The molecule has 0 bridgehead atoms. The van der Waals surface area contributed by atoms with E-state index in [1.54, 1.807) is 12.1 Å². The van der Waals surface area contributed by atoms with Crippen LogP contribution in [-0.2, 0) is 9.47 Å². The van der Waals surface area contributed by atoms with E-state index in [4.69, 9.17) is 9.47 Å². The maximum absolute atomic E-state index is 12.8. The highest BCUT2D eigenvalue weighted by Gasteiger charge is 2.31. The second-order valence-electron chi connectivity index (χ2n) is 6.97. The van der Waals surface area contributed by atoms with Crippen molar-refractivity contribution in [2.24, 2.45) is 0 Å². The second kappa shape index (κ2) is 9.47. The van der Waals surface area contributed by atoms with Gasteiger partial charge < -0.3 is 14.4 Å². The van der Waals surface area contributed by atoms with Crippen molar-refractivity contribution in [3.63, 3.8) is 0 Å². The number of hydrogen-bond acceptors (Lipinski definition) is 6. The van der Waals surface area contributed by atoms with Crippen molar-refractivity contribution in [2.75, 3.05) is 32.2 Å². The first kappa shape index (κ1) is 22.1. The van der Waals surface area contributed by atoms with E-state index in [0.29, 0.717) is 11.4 Å². The quantitative estimate of drug-likeness (QED) is 0.531. The Kier molecular flexibility index (Phi) is 6.74. The molecule has 3 aromatic rings. The molecule has 7 heteroatoms. The lowest BCUT2D eigenvalue weighted by Crippen LogP contribution is -2.21. The molecule has 1 heterocycles. The topological polar surface area (TPSA) is 73.7 Å². The van der Waals surface area contributed by atoms with E-state index in [9.17, 15) is 9.59 Å². The van der Waals surface area contributed by atoms with Crippen LogP contribution >= 0.6 is 0 Å². The van der Waals surface area contributed by atoms with Gasteiger partial charge in [-0.3, -0.25) is 0 Å². The van der Waals surface area contributed by atoms with Gasteiger partial charge in [0.2, 0.25) is 0 Å².